The number of sulfone groups is 1. The predicted octanol–water partition coefficient (Wildman–Crippen LogP) is 1.84. The van der Waals surface area contributed by atoms with Gasteiger partial charge in [-0.05, 0) is 18.8 Å². The predicted molar refractivity (Wildman–Crippen MR) is 91.7 cm³/mol. The number of fused-ring (bicyclic) bond motifs is 1. The minimum Gasteiger partial charge on any atom is -0.505 e. The quantitative estimate of drug-likeness (QED) is 0.914. The van der Waals surface area contributed by atoms with Gasteiger partial charge in [-0.2, -0.15) is 0 Å². The molecule has 1 saturated heterocycles. The Morgan fingerprint density at radius 1 is 1.38 bits per heavy atom. The largest absolute Gasteiger partial charge is 0.505 e. The lowest BCUT2D eigenvalue weighted by atomic mass is 9.99. The van der Waals surface area contributed by atoms with Crippen LogP contribution in [0.3, 0.4) is 0 Å². The molecule has 3 rings (SSSR count). The first-order valence-electron chi connectivity index (χ1n) is 7.89. The molecule has 2 heterocycles. The van der Waals surface area contributed by atoms with Crippen molar-refractivity contribution in [3.8, 4) is 5.75 Å². The smallest absolute Gasteiger partial charge is 0.276 e. The van der Waals surface area contributed by atoms with Gasteiger partial charge in [0.15, 0.2) is 11.4 Å². The zero-order chi connectivity index (χ0) is 17.3. The Labute approximate surface area is 141 Å². The first kappa shape index (κ1) is 16.7. The van der Waals surface area contributed by atoms with Crippen LogP contribution in [0.4, 0.5) is 0 Å². The molecule has 1 aliphatic heterocycles. The number of hydrogen-bond donors (Lipinski definition) is 1. The summed E-state index contributed by atoms with van der Waals surface area (Å²) in [6.07, 6.45) is 4.32. The number of nitrogens with zero attached hydrogens (tertiary/aromatic N) is 2. The van der Waals surface area contributed by atoms with E-state index in [-0.39, 0.29) is 29.0 Å². The summed E-state index contributed by atoms with van der Waals surface area (Å²) >= 11 is 0. The average molecular weight is 348 g/mol. The van der Waals surface area contributed by atoms with Crippen LogP contribution in [0.5, 0.6) is 5.75 Å². The van der Waals surface area contributed by atoms with Gasteiger partial charge in [-0.3, -0.25) is 4.79 Å². The summed E-state index contributed by atoms with van der Waals surface area (Å²) in [5, 5.41) is 11.7. The fourth-order valence-electron chi connectivity index (χ4n) is 3.27. The number of hydrogen-bond acceptors (Lipinski definition) is 5. The number of carbonyl (C=O) groups is 1. The van der Waals surface area contributed by atoms with Crippen molar-refractivity contribution in [2.45, 2.75) is 12.8 Å². The summed E-state index contributed by atoms with van der Waals surface area (Å²) in [6, 6.07) is 7.19. The molecule has 2 aromatic rings. The third-order valence-corrected chi connectivity index (χ3v) is 5.40. The molecule has 0 saturated carbocycles. The summed E-state index contributed by atoms with van der Waals surface area (Å²) in [7, 11) is -3.08. The van der Waals surface area contributed by atoms with E-state index in [0.29, 0.717) is 18.5 Å². The van der Waals surface area contributed by atoms with E-state index < -0.39 is 9.84 Å². The van der Waals surface area contributed by atoms with Gasteiger partial charge in [-0.25, -0.2) is 13.4 Å². The summed E-state index contributed by atoms with van der Waals surface area (Å²) in [5.74, 6) is -0.464. The maximum atomic E-state index is 12.7. The van der Waals surface area contributed by atoms with Crippen LogP contribution in [0.1, 0.15) is 23.3 Å². The van der Waals surface area contributed by atoms with Crippen molar-refractivity contribution in [1.82, 2.24) is 9.88 Å². The number of benzene rings is 1. The molecule has 0 spiro atoms. The van der Waals surface area contributed by atoms with Crippen molar-refractivity contribution in [2.24, 2.45) is 5.92 Å². The first-order chi connectivity index (χ1) is 11.3. The monoisotopic (exact) mass is 348 g/mol. The fourth-order valence-corrected chi connectivity index (χ4v) is 4.40. The van der Waals surface area contributed by atoms with E-state index in [4.69, 9.17) is 0 Å². The van der Waals surface area contributed by atoms with Gasteiger partial charge < -0.3 is 10.0 Å². The van der Waals surface area contributed by atoms with Gasteiger partial charge in [0.25, 0.3) is 5.91 Å². The molecular weight excluding hydrogens is 328 g/mol. The number of piperidine rings is 1. The molecule has 1 aliphatic rings. The second-order valence-electron chi connectivity index (χ2n) is 6.39. The second-order valence-corrected chi connectivity index (χ2v) is 8.58. The lowest BCUT2D eigenvalue weighted by Crippen LogP contribution is -2.42. The van der Waals surface area contributed by atoms with E-state index >= 15 is 0 Å². The molecule has 1 atom stereocenters. The second kappa shape index (κ2) is 6.39. The molecule has 0 radical (unpaired) electrons. The maximum absolute atomic E-state index is 12.7. The third-order valence-electron chi connectivity index (χ3n) is 4.32. The summed E-state index contributed by atoms with van der Waals surface area (Å²) in [5.41, 5.74) is 0.0219. The fraction of sp³-hybridized carbons (Fsp3) is 0.412. The van der Waals surface area contributed by atoms with Gasteiger partial charge in [0.1, 0.15) is 9.84 Å². The Bertz CT molecular complexity index is 879. The highest BCUT2D eigenvalue weighted by Crippen LogP contribution is 2.28. The van der Waals surface area contributed by atoms with Gasteiger partial charge in [0.2, 0.25) is 0 Å². The third kappa shape index (κ3) is 3.51. The van der Waals surface area contributed by atoms with Crippen LogP contribution in [0.25, 0.3) is 10.8 Å². The molecule has 6 nitrogen and oxygen atoms in total. The molecule has 24 heavy (non-hydrogen) atoms. The standard InChI is InChI=1S/C17H20N2O4S/c1-24(22,23)11-12-5-4-8-19(10-12)17(21)15-16(20)14-7-3-2-6-13(14)9-18-15/h2-3,6-7,9,12,20H,4-5,8,10-11H2,1H3. The normalized spacial score (nSPS) is 18.7. The average Bonchev–Trinajstić information content (AvgIpc) is 2.53. The van der Waals surface area contributed by atoms with Gasteiger partial charge in [0.05, 0.1) is 5.75 Å². The van der Waals surface area contributed by atoms with Crippen molar-refractivity contribution in [1.29, 1.82) is 0 Å². The van der Waals surface area contributed by atoms with Crippen LogP contribution in [-0.4, -0.2) is 54.4 Å². The number of aromatic nitrogens is 1. The van der Waals surface area contributed by atoms with Crippen molar-refractivity contribution in [2.75, 3.05) is 25.1 Å². The number of aromatic hydroxyl groups is 1. The molecule has 1 aromatic carbocycles. The van der Waals surface area contributed by atoms with E-state index in [1.807, 2.05) is 12.1 Å². The zero-order valence-electron chi connectivity index (χ0n) is 13.5. The van der Waals surface area contributed by atoms with E-state index in [9.17, 15) is 18.3 Å². The van der Waals surface area contributed by atoms with Crippen LogP contribution in [0, 0.1) is 5.92 Å². The summed E-state index contributed by atoms with van der Waals surface area (Å²) < 4.78 is 23.0. The Hall–Kier alpha value is -2.15. The molecule has 0 bridgehead atoms. The molecular formula is C17H20N2O4S. The lowest BCUT2D eigenvalue weighted by Gasteiger charge is -2.32. The molecule has 1 amide bonds. The molecule has 0 aliphatic carbocycles. The molecule has 1 fully saturated rings. The van der Waals surface area contributed by atoms with E-state index in [0.717, 1.165) is 18.2 Å². The van der Waals surface area contributed by atoms with E-state index in [2.05, 4.69) is 4.98 Å². The van der Waals surface area contributed by atoms with Gasteiger partial charge in [-0.15, -0.1) is 0 Å². The Kier molecular flexibility index (Phi) is 4.45. The van der Waals surface area contributed by atoms with Crippen LogP contribution in [0.2, 0.25) is 0 Å². The molecule has 128 valence electrons. The van der Waals surface area contributed by atoms with Crippen LogP contribution in [-0.2, 0) is 9.84 Å². The number of pyridine rings is 1. The molecule has 7 heteroatoms. The van der Waals surface area contributed by atoms with E-state index in [1.165, 1.54) is 6.26 Å². The first-order valence-corrected chi connectivity index (χ1v) is 9.95. The summed E-state index contributed by atoms with van der Waals surface area (Å²) in [6.45, 7) is 0.924. The minimum absolute atomic E-state index is 0.0219. The van der Waals surface area contributed by atoms with Gasteiger partial charge in [0, 0.05) is 36.3 Å². The highest BCUT2D eigenvalue weighted by atomic mass is 32.2. The van der Waals surface area contributed by atoms with Crippen molar-refractivity contribution in [3.05, 3.63) is 36.2 Å². The molecule has 1 unspecified atom stereocenters. The molecule has 1 N–H and O–H groups in total. The lowest BCUT2D eigenvalue weighted by molar-refractivity contribution is 0.0675. The Morgan fingerprint density at radius 2 is 2.12 bits per heavy atom. The number of carbonyl (C=O) groups excluding carboxylic acids is 1. The minimum atomic E-state index is -3.08. The van der Waals surface area contributed by atoms with Crippen LogP contribution in [0.15, 0.2) is 30.5 Å². The number of amides is 1. The number of likely N-dealkylation sites (tertiary alicyclic amines) is 1. The zero-order valence-corrected chi connectivity index (χ0v) is 14.3. The van der Waals surface area contributed by atoms with Crippen LogP contribution < -0.4 is 0 Å². The van der Waals surface area contributed by atoms with Gasteiger partial charge >= 0.3 is 0 Å². The van der Waals surface area contributed by atoms with Crippen LogP contribution >= 0.6 is 0 Å². The molecule has 1 aromatic heterocycles. The Morgan fingerprint density at radius 3 is 2.88 bits per heavy atom. The van der Waals surface area contributed by atoms with Crippen molar-refractivity contribution in [3.63, 3.8) is 0 Å². The topological polar surface area (TPSA) is 87.6 Å². The SMILES string of the molecule is CS(=O)(=O)CC1CCCN(C(=O)c2ncc3ccccc3c2O)C1. The Balaban J connectivity index is 1.85. The highest BCUT2D eigenvalue weighted by Gasteiger charge is 2.29. The highest BCUT2D eigenvalue weighted by molar-refractivity contribution is 7.90. The van der Waals surface area contributed by atoms with Crippen molar-refractivity contribution < 1.29 is 18.3 Å². The van der Waals surface area contributed by atoms with Gasteiger partial charge in [-0.1, -0.05) is 24.3 Å². The number of rotatable bonds is 3. The van der Waals surface area contributed by atoms with E-state index in [1.54, 1.807) is 23.2 Å². The van der Waals surface area contributed by atoms with Crippen molar-refractivity contribution >= 4 is 26.5 Å². The maximum Gasteiger partial charge on any atom is 0.276 e. The summed E-state index contributed by atoms with van der Waals surface area (Å²) in [4.78, 5) is 18.4.